The summed E-state index contributed by atoms with van der Waals surface area (Å²) in [5.41, 5.74) is 2.00. The number of nitrogens with zero attached hydrogens (tertiary/aromatic N) is 1. The molecule has 0 aliphatic rings. The van der Waals surface area contributed by atoms with Gasteiger partial charge in [-0.05, 0) is 47.5 Å². The zero-order valence-electron chi connectivity index (χ0n) is 12.3. The zero-order chi connectivity index (χ0) is 14.8. The Morgan fingerprint density at radius 3 is 2.15 bits per heavy atom. The first-order valence-corrected chi connectivity index (χ1v) is 7.81. The van der Waals surface area contributed by atoms with Crippen molar-refractivity contribution in [1.82, 2.24) is 0 Å². The Kier molecular flexibility index (Phi) is 8.85. The summed E-state index contributed by atoms with van der Waals surface area (Å²) in [7, 11) is 0. The highest BCUT2D eigenvalue weighted by molar-refractivity contribution is 9.10. The van der Waals surface area contributed by atoms with Crippen molar-refractivity contribution in [3.05, 3.63) is 28.2 Å². The quantitative estimate of drug-likeness (QED) is 0.662. The molecule has 0 spiro atoms. The summed E-state index contributed by atoms with van der Waals surface area (Å²) in [6.45, 7) is 8.52. The fraction of sp³-hybridized carbons (Fsp3) is 0.600. The van der Waals surface area contributed by atoms with E-state index in [-0.39, 0.29) is 6.61 Å². The first-order valence-electron chi connectivity index (χ1n) is 7.02. The van der Waals surface area contributed by atoms with Crippen LogP contribution in [0.5, 0.6) is 0 Å². The molecule has 0 saturated carbocycles. The third kappa shape index (κ3) is 5.79. The molecule has 1 aromatic carbocycles. The van der Waals surface area contributed by atoms with Crippen LogP contribution in [0, 0.1) is 0 Å². The van der Waals surface area contributed by atoms with Gasteiger partial charge in [0.05, 0.1) is 25.5 Å². The summed E-state index contributed by atoms with van der Waals surface area (Å²) in [5, 5.41) is 9.16. The molecule has 20 heavy (non-hydrogen) atoms. The SMILES string of the molecule is CCOCCN(CCOCC)c1ccc(CO)cc1Br. The van der Waals surface area contributed by atoms with Crippen molar-refractivity contribution in [2.24, 2.45) is 0 Å². The summed E-state index contributed by atoms with van der Waals surface area (Å²) in [6.07, 6.45) is 0. The Balaban J connectivity index is 2.73. The molecule has 114 valence electrons. The molecule has 0 bridgehead atoms. The molecule has 1 N–H and O–H groups in total. The predicted octanol–water partition coefficient (Wildman–Crippen LogP) is 2.82. The van der Waals surface area contributed by atoms with Crippen LogP contribution in [-0.4, -0.2) is 44.6 Å². The summed E-state index contributed by atoms with van der Waals surface area (Å²) in [4.78, 5) is 2.23. The van der Waals surface area contributed by atoms with Gasteiger partial charge in [-0.1, -0.05) is 6.07 Å². The van der Waals surface area contributed by atoms with Crippen molar-refractivity contribution < 1.29 is 14.6 Å². The van der Waals surface area contributed by atoms with Gasteiger partial charge in [0.25, 0.3) is 0 Å². The second-order valence-corrected chi connectivity index (χ2v) is 5.18. The topological polar surface area (TPSA) is 41.9 Å². The summed E-state index contributed by atoms with van der Waals surface area (Å²) >= 11 is 3.57. The molecule has 0 aliphatic carbocycles. The average molecular weight is 346 g/mol. The molecule has 0 unspecified atom stereocenters. The van der Waals surface area contributed by atoms with E-state index in [1.165, 1.54) is 0 Å². The van der Waals surface area contributed by atoms with E-state index in [9.17, 15) is 0 Å². The largest absolute Gasteiger partial charge is 0.392 e. The Morgan fingerprint density at radius 1 is 1.10 bits per heavy atom. The molecule has 0 aliphatic heterocycles. The molecule has 4 nitrogen and oxygen atoms in total. The number of hydrogen-bond donors (Lipinski definition) is 1. The van der Waals surface area contributed by atoms with Crippen LogP contribution in [0.15, 0.2) is 22.7 Å². The van der Waals surface area contributed by atoms with Gasteiger partial charge in [0.1, 0.15) is 0 Å². The van der Waals surface area contributed by atoms with E-state index in [0.29, 0.717) is 13.2 Å². The van der Waals surface area contributed by atoms with Crippen LogP contribution < -0.4 is 4.90 Å². The van der Waals surface area contributed by atoms with Gasteiger partial charge in [0.2, 0.25) is 0 Å². The maximum atomic E-state index is 9.16. The summed E-state index contributed by atoms with van der Waals surface area (Å²) in [6, 6.07) is 5.91. The van der Waals surface area contributed by atoms with E-state index >= 15 is 0 Å². The van der Waals surface area contributed by atoms with E-state index in [4.69, 9.17) is 14.6 Å². The van der Waals surface area contributed by atoms with E-state index in [2.05, 4.69) is 20.8 Å². The van der Waals surface area contributed by atoms with Crippen molar-refractivity contribution >= 4 is 21.6 Å². The number of anilines is 1. The standard InChI is InChI=1S/C15H24BrNO3/c1-3-19-9-7-17(8-10-20-4-2)15-6-5-13(12-18)11-14(15)16/h5-6,11,18H,3-4,7-10,12H2,1-2H3. The molecule has 1 rings (SSSR count). The third-order valence-corrected chi connectivity index (χ3v) is 3.59. The van der Waals surface area contributed by atoms with Gasteiger partial charge < -0.3 is 19.5 Å². The zero-order valence-corrected chi connectivity index (χ0v) is 13.9. The van der Waals surface area contributed by atoms with Gasteiger partial charge in [-0.2, -0.15) is 0 Å². The number of rotatable bonds is 10. The van der Waals surface area contributed by atoms with Crippen molar-refractivity contribution in [1.29, 1.82) is 0 Å². The first kappa shape index (κ1) is 17.4. The molecule has 0 fully saturated rings. The maximum absolute atomic E-state index is 9.16. The third-order valence-electron chi connectivity index (χ3n) is 2.95. The number of ether oxygens (including phenoxy) is 2. The molecule has 0 saturated heterocycles. The van der Waals surface area contributed by atoms with Gasteiger partial charge in [-0.25, -0.2) is 0 Å². The van der Waals surface area contributed by atoms with Gasteiger partial charge in [-0.15, -0.1) is 0 Å². The van der Waals surface area contributed by atoms with Crippen LogP contribution >= 0.6 is 15.9 Å². The molecule has 0 atom stereocenters. The number of benzene rings is 1. The lowest BCUT2D eigenvalue weighted by atomic mass is 10.2. The first-order chi connectivity index (χ1) is 9.72. The molecule has 1 aromatic rings. The lowest BCUT2D eigenvalue weighted by molar-refractivity contribution is 0.141. The van der Waals surface area contributed by atoms with Crippen LogP contribution in [0.4, 0.5) is 5.69 Å². The maximum Gasteiger partial charge on any atom is 0.0682 e. The van der Waals surface area contributed by atoms with Crippen LogP contribution in [0.2, 0.25) is 0 Å². The normalized spacial score (nSPS) is 10.8. The number of aliphatic hydroxyl groups is 1. The molecule has 0 radical (unpaired) electrons. The Labute approximate surface area is 129 Å². The second-order valence-electron chi connectivity index (χ2n) is 4.32. The number of aliphatic hydroxyl groups excluding tert-OH is 1. The molecular formula is C15H24BrNO3. The Hall–Kier alpha value is -0.620. The second kappa shape index (κ2) is 10.2. The Bertz CT molecular complexity index is 377. The molecule has 0 heterocycles. The summed E-state index contributed by atoms with van der Waals surface area (Å²) in [5.74, 6) is 0. The fourth-order valence-electron chi connectivity index (χ4n) is 1.90. The van der Waals surface area contributed by atoms with E-state index in [1.807, 2.05) is 32.0 Å². The Morgan fingerprint density at radius 2 is 1.70 bits per heavy atom. The monoisotopic (exact) mass is 345 g/mol. The van der Waals surface area contributed by atoms with Crippen LogP contribution in [-0.2, 0) is 16.1 Å². The molecular weight excluding hydrogens is 322 g/mol. The predicted molar refractivity (Wildman–Crippen MR) is 85.3 cm³/mol. The van der Waals surface area contributed by atoms with Crippen molar-refractivity contribution in [3.8, 4) is 0 Å². The average Bonchev–Trinajstić information content (AvgIpc) is 2.46. The minimum absolute atomic E-state index is 0.0524. The highest BCUT2D eigenvalue weighted by Crippen LogP contribution is 2.27. The van der Waals surface area contributed by atoms with Gasteiger partial charge in [0, 0.05) is 30.8 Å². The van der Waals surface area contributed by atoms with Gasteiger partial charge in [-0.3, -0.25) is 0 Å². The van der Waals surface area contributed by atoms with E-state index in [0.717, 1.165) is 42.0 Å². The molecule has 0 aromatic heterocycles. The minimum atomic E-state index is 0.0524. The van der Waals surface area contributed by atoms with Crippen LogP contribution in [0.1, 0.15) is 19.4 Å². The smallest absolute Gasteiger partial charge is 0.0682 e. The van der Waals surface area contributed by atoms with Crippen LogP contribution in [0.25, 0.3) is 0 Å². The molecule has 5 heteroatoms. The highest BCUT2D eigenvalue weighted by Gasteiger charge is 2.10. The molecule has 0 amide bonds. The van der Waals surface area contributed by atoms with Gasteiger partial charge in [0.15, 0.2) is 0 Å². The van der Waals surface area contributed by atoms with Crippen molar-refractivity contribution in [2.75, 3.05) is 44.4 Å². The number of halogens is 1. The van der Waals surface area contributed by atoms with E-state index in [1.54, 1.807) is 0 Å². The summed E-state index contributed by atoms with van der Waals surface area (Å²) < 4.78 is 11.9. The van der Waals surface area contributed by atoms with Crippen molar-refractivity contribution in [3.63, 3.8) is 0 Å². The van der Waals surface area contributed by atoms with Crippen molar-refractivity contribution in [2.45, 2.75) is 20.5 Å². The minimum Gasteiger partial charge on any atom is -0.392 e. The number of hydrogen-bond acceptors (Lipinski definition) is 4. The van der Waals surface area contributed by atoms with E-state index < -0.39 is 0 Å². The van der Waals surface area contributed by atoms with Crippen LogP contribution in [0.3, 0.4) is 0 Å². The fourth-order valence-corrected chi connectivity index (χ4v) is 2.57. The lowest BCUT2D eigenvalue weighted by Crippen LogP contribution is -2.31. The van der Waals surface area contributed by atoms with Gasteiger partial charge >= 0.3 is 0 Å². The highest BCUT2D eigenvalue weighted by atomic mass is 79.9. The lowest BCUT2D eigenvalue weighted by Gasteiger charge is -2.26.